The monoisotopic (exact) mass is 297 g/mol. The first-order valence-electron chi connectivity index (χ1n) is 7.19. The molecule has 4 heteroatoms. The molecule has 4 nitrogen and oxygen atoms in total. The average molecular weight is 297 g/mol. The van der Waals surface area contributed by atoms with Crippen LogP contribution >= 0.6 is 0 Å². The lowest BCUT2D eigenvalue weighted by Crippen LogP contribution is -2.39. The van der Waals surface area contributed by atoms with Gasteiger partial charge in [0, 0.05) is 6.42 Å². The van der Waals surface area contributed by atoms with Gasteiger partial charge in [0.2, 0.25) is 0 Å². The Morgan fingerprint density at radius 2 is 1.50 bits per heavy atom. The lowest BCUT2D eigenvalue weighted by atomic mass is 10.1. The van der Waals surface area contributed by atoms with E-state index in [1.165, 1.54) is 0 Å². The third kappa shape index (κ3) is 5.05. The first-order chi connectivity index (χ1) is 10.6. The molecule has 22 heavy (non-hydrogen) atoms. The van der Waals surface area contributed by atoms with E-state index in [2.05, 4.69) is 5.32 Å². The fourth-order valence-electron chi connectivity index (χ4n) is 1.97. The smallest absolute Gasteiger partial charge is 0.408 e. The summed E-state index contributed by atoms with van der Waals surface area (Å²) in [4.78, 5) is 23.8. The van der Waals surface area contributed by atoms with Crippen LogP contribution in [-0.2, 0) is 22.6 Å². The van der Waals surface area contributed by atoms with Gasteiger partial charge in [0.1, 0.15) is 6.61 Å². The van der Waals surface area contributed by atoms with Gasteiger partial charge >= 0.3 is 6.09 Å². The molecule has 1 unspecified atom stereocenters. The van der Waals surface area contributed by atoms with Crippen molar-refractivity contribution in [1.82, 2.24) is 5.32 Å². The first kappa shape index (κ1) is 15.8. The predicted molar refractivity (Wildman–Crippen MR) is 84.4 cm³/mol. The van der Waals surface area contributed by atoms with Gasteiger partial charge in [-0.25, -0.2) is 4.79 Å². The Kier molecular flexibility index (Phi) is 5.72. The first-order valence-corrected chi connectivity index (χ1v) is 7.19. The van der Waals surface area contributed by atoms with Gasteiger partial charge in [-0.15, -0.1) is 0 Å². The molecule has 2 aromatic rings. The number of carbonyl (C=O) groups excluding carboxylic acids is 2. The number of alkyl carbamates (subject to hydrolysis) is 1. The summed E-state index contributed by atoms with van der Waals surface area (Å²) >= 11 is 0. The van der Waals surface area contributed by atoms with Gasteiger partial charge < -0.3 is 10.1 Å². The maximum absolute atomic E-state index is 12.1. The molecule has 0 saturated carbocycles. The topological polar surface area (TPSA) is 55.4 Å². The molecule has 1 atom stereocenters. The zero-order valence-electron chi connectivity index (χ0n) is 12.5. The van der Waals surface area contributed by atoms with E-state index in [-0.39, 0.29) is 12.4 Å². The Morgan fingerprint density at radius 1 is 0.955 bits per heavy atom. The Labute approximate surface area is 130 Å². The average Bonchev–Trinajstić information content (AvgIpc) is 2.55. The number of amides is 1. The van der Waals surface area contributed by atoms with Crippen molar-refractivity contribution in [3.63, 3.8) is 0 Å². The van der Waals surface area contributed by atoms with Crippen LogP contribution in [0.4, 0.5) is 4.79 Å². The molecule has 114 valence electrons. The molecular weight excluding hydrogens is 278 g/mol. The normalized spacial score (nSPS) is 11.5. The second kappa shape index (κ2) is 7.98. The molecule has 0 saturated heterocycles. The van der Waals surface area contributed by atoms with Crippen LogP contribution in [0.25, 0.3) is 0 Å². The number of Topliss-reactive ketones (excluding diaryl/α,β-unsaturated/α-hetero) is 1. The van der Waals surface area contributed by atoms with Crippen LogP contribution in [0, 0.1) is 0 Å². The van der Waals surface area contributed by atoms with Gasteiger partial charge in [-0.2, -0.15) is 0 Å². The Balaban J connectivity index is 1.77. The van der Waals surface area contributed by atoms with E-state index >= 15 is 0 Å². The summed E-state index contributed by atoms with van der Waals surface area (Å²) < 4.78 is 5.10. The predicted octanol–water partition coefficient (Wildman–Crippen LogP) is 3.11. The number of carbonyl (C=O) groups is 2. The van der Waals surface area contributed by atoms with Crippen molar-refractivity contribution in [3.05, 3.63) is 71.8 Å². The van der Waals surface area contributed by atoms with Crippen molar-refractivity contribution in [1.29, 1.82) is 0 Å². The molecular formula is C18H19NO3. The highest BCUT2D eigenvalue weighted by atomic mass is 16.5. The van der Waals surface area contributed by atoms with E-state index < -0.39 is 12.1 Å². The fraction of sp³-hybridized carbons (Fsp3) is 0.222. The van der Waals surface area contributed by atoms with Crippen LogP contribution in [0.3, 0.4) is 0 Å². The summed E-state index contributed by atoms with van der Waals surface area (Å²) in [5.41, 5.74) is 1.83. The highest BCUT2D eigenvalue weighted by Crippen LogP contribution is 2.03. The second-order valence-electron chi connectivity index (χ2n) is 5.06. The molecule has 0 heterocycles. The van der Waals surface area contributed by atoms with Gasteiger partial charge in [0.05, 0.1) is 6.04 Å². The summed E-state index contributed by atoms with van der Waals surface area (Å²) in [6.45, 7) is 1.85. The highest BCUT2D eigenvalue weighted by molar-refractivity contribution is 5.88. The SMILES string of the molecule is CC(NC(=O)OCc1ccccc1)C(=O)Cc1ccccc1. The third-order valence-corrected chi connectivity index (χ3v) is 3.25. The molecule has 0 bridgehead atoms. The number of ketones is 1. The Morgan fingerprint density at radius 3 is 2.09 bits per heavy atom. The van der Waals surface area contributed by atoms with Crippen LogP contribution in [0.2, 0.25) is 0 Å². The van der Waals surface area contributed by atoms with Gasteiger partial charge in [0.15, 0.2) is 5.78 Å². The van der Waals surface area contributed by atoms with Crippen LogP contribution in [0.5, 0.6) is 0 Å². The van der Waals surface area contributed by atoms with Gasteiger partial charge in [-0.3, -0.25) is 4.79 Å². The maximum Gasteiger partial charge on any atom is 0.408 e. The second-order valence-corrected chi connectivity index (χ2v) is 5.06. The molecule has 1 amide bonds. The number of rotatable bonds is 6. The van der Waals surface area contributed by atoms with E-state index in [0.29, 0.717) is 6.42 Å². The fourth-order valence-corrected chi connectivity index (χ4v) is 1.97. The van der Waals surface area contributed by atoms with Crippen molar-refractivity contribution in [2.45, 2.75) is 26.0 Å². The summed E-state index contributed by atoms with van der Waals surface area (Å²) in [5, 5.41) is 2.56. The molecule has 0 aliphatic rings. The van der Waals surface area contributed by atoms with Crippen molar-refractivity contribution in [2.75, 3.05) is 0 Å². The lowest BCUT2D eigenvalue weighted by Gasteiger charge is -2.13. The molecule has 0 radical (unpaired) electrons. The lowest BCUT2D eigenvalue weighted by molar-refractivity contribution is -0.120. The van der Waals surface area contributed by atoms with Crippen LogP contribution in [0.15, 0.2) is 60.7 Å². The van der Waals surface area contributed by atoms with E-state index in [1.54, 1.807) is 6.92 Å². The number of ether oxygens (including phenoxy) is 1. The summed E-state index contributed by atoms with van der Waals surface area (Å²) in [6.07, 6.45) is -0.293. The zero-order valence-corrected chi connectivity index (χ0v) is 12.5. The van der Waals surface area contributed by atoms with Crippen molar-refractivity contribution >= 4 is 11.9 Å². The number of hydrogen-bond acceptors (Lipinski definition) is 3. The summed E-state index contributed by atoms with van der Waals surface area (Å²) in [5.74, 6) is -0.0529. The minimum Gasteiger partial charge on any atom is -0.445 e. The Bertz CT molecular complexity index is 611. The van der Waals surface area contributed by atoms with Gasteiger partial charge in [-0.1, -0.05) is 60.7 Å². The number of hydrogen-bond donors (Lipinski definition) is 1. The van der Waals surface area contributed by atoms with Crippen LogP contribution in [0.1, 0.15) is 18.1 Å². The minimum absolute atomic E-state index is 0.0529. The molecule has 0 fully saturated rings. The summed E-state index contributed by atoms with van der Waals surface area (Å²) in [7, 11) is 0. The van der Waals surface area contributed by atoms with Crippen molar-refractivity contribution in [2.24, 2.45) is 0 Å². The zero-order chi connectivity index (χ0) is 15.8. The molecule has 1 N–H and O–H groups in total. The molecule has 0 aliphatic carbocycles. The molecule has 2 rings (SSSR count). The Hall–Kier alpha value is -2.62. The van der Waals surface area contributed by atoms with Crippen molar-refractivity contribution < 1.29 is 14.3 Å². The van der Waals surface area contributed by atoms with E-state index in [0.717, 1.165) is 11.1 Å². The van der Waals surface area contributed by atoms with Gasteiger partial charge in [-0.05, 0) is 18.1 Å². The third-order valence-electron chi connectivity index (χ3n) is 3.25. The largest absolute Gasteiger partial charge is 0.445 e. The van der Waals surface area contributed by atoms with Crippen LogP contribution < -0.4 is 5.32 Å². The molecule has 2 aromatic carbocycles. The molecule has 0 aliphatic heterocycles. The van der Waals surface area contributed by atoms with E-state index in [9.17, 15) is 9.59 Å². The maximum atomic E-state index is 12.1. The van der Waals surface area contributed by atoms with Crippen molar-refractivity contribution in [3.8, 4) is 0 Å². The van der Waals surface area contributed by atoms with E-state index in [1.807, 2.05) is 60.7 Å². The number of benzene rings is 2. The number of nitrogens with one attached hydrogen (secondary N) is 1. The standard InChI is InChI=1S/C18H19NO3/c1-14(17(20)12-15-8-4-2-5-9-15)19-18(21)22-13-16-10-6-3-7-11-16/h2-11,14H,12-13H2,1H3,(H,19,21). The minimum atomic E-state index is -0.585. The van der Waals surface area contributed by atoms with E-state index in [4.69, 9.17) is 4.74 Å². The molecule has 0 aromatic heterocycles. The molecule has 0 spiro atoms. The summed E-state index contributed by atoms with van der Waals surface area (Å²) in [6, 6.07) is 18.3. The quantitative estimate of drug-likeness (QED) is 0.891. The van der Waals surface area contributed by atoms with Crippen LogP contribution in [-0.4, -0.2) is 17.9 Å². The van der Waals surface area contributed by atoms with Gasteiger partial charge in [0.25, 0.3) is 0 Å². The highest BCUT2D eigenvalue weighted by Gasteiger charge is 2.16.